The SMILES string of the molecule is CN=C(NCCNC(=O)c1ccc(C(F)(F)F)cc1)NC1CCC(SC)C1.I. The van der Waals surface area contributed by atoms with Crippen LogP contribution in [0.1, 0.15) is 35.2 Å². The van der Waals surface area contributed by atoms with Crippen LogP contribution in [-0.4, -0.2) is 49.6 Å². The first kappa shape index (κ1) is 24.9. The number of aliphatic imine (C=N–C) groups is 1. The van der Waals surface area contributed by atoms with Crippen molar-refractivity contribution in [2.75, 3.05) is 26.4 Å². The van der Waals surface area contributed by atoms with Crippen LogP contribution in [0.5, 0.6) is 0 Å². The maximum absolute atomic E-state index is 12.5. The number of nitrogens with zero attached hydrogens (tertiary/aromatic N) is 1. The molecule has 0 aromatic heterocycles. The van der Waals surface area contributed by atoms with Crippen LogP contribution in [0.25, 0.3) is 0 Å². The van der Waals surface area contributed by atoms with Crippen LogP contribution in [0.2, 0.25) is 0 Å². The summed E-state index contributed by atoms with van der Waals surface area (Å²) in [7, 11) is 1.69. The molecule has 28 heavy (non-hydrogen) atoms. The molecule has 2 rings (SSSR count). The van der Waals surface area contributed by atoms with Crippen molar-refractivity contribution in [3.05, 3.63) is 35.4 Å². The minimum Gasteiger partial charge on any atom is -0.355 e. The second kappa shape index (κ2) is 11.7. The largest absolute Gasteiger partial charge is 0.416 e. The highest BCUT2D eigenvalue weighted by Crippen LogP contribution is 2.29. The molecule has 1 aliphatic rings. The minimum atomic E-state index is -4.41. The Kier molecular flexibility index (Phi) is 10.4. The molecule has 0 saturated heterocycles. The summed E-state index contributed by atoms with van der Waals surface area (Å²) in [5, 5.41) is 9.87. The highest BCUT2D eigenvalue weighted by Gasteiger charge is 2.30. The molecule has 0 spiro atoms. The van der Waals surface area contributed by atoms with Crippen LogP contribution >= 0.6 is 35.7 Å². The van der Waals surface area contributed by atoms with Gasteiger partial charge in [0, 0.05) is 37.0 Å². The fourth-order valence-electron chi connectivity index (χ4n) is 2.94. The Bertz CT molecular complexity index is 655. The Labute approximate surface area is 184 Å². The van der Waals surface area contributed by atoms with Crippen LogP contribution in [0.4, 0.5) is 13.2 Å². The maximum atomic E-state index is 12.5. The van der Waals surface area contributed by atoms with Crippen molar-refractivity contribution < 1.29 is 18.0 Å². The van der Waals surface area contributed by atoms with E-state index in [1.165, 1.54) is 18.6 Å². The van der Waals surface area contributed by atoms with Gasteiger partial charge in [0.2, 0.25) is 0 Å². The van der Waals surface area contributed by atoms with Crippen molar-refractivity contribution in [2.45, 2.75) is 36.7 Å². The number of guanidine groups is 1. The summed E-state index contributed by atoms with van der Waals surface area (Å²) in [5.74, 6) is 0.276. The summed E-state index contributed by atoms with van der Waals surface area (Å²) >= 11 is 1.89. The van der Waals surface area contributed by atoms with E-state index in [0.29, 0.717) is 30.3 Å². The summed E-state index contributed by atoms with van der Waals surface area (Å²) in [6.45, 7) is 0.795. The van der Waals surface area contributed by atoms with Gasteiger partial charge in [-0.15, -0.1) is 24.0 Å². The number of thioether (sulfide) groups is 1. The molecule has 5 nitrogen and oxygen atoms in total. The van der Waals surface area contributed by atoms with Gasteiger partial charge in [-0.05, 0) is 49.8 Å². The zero-order valence-corrected chi connectivity index (χ0v) is 19.0. The van der Waals surface area contributed by atoms with Gasteiger partial charge in [-0.25, -0.2) is 0 Å². The third-order valence-corrected chi connectivity index (χ3v) is 5.55. The quantitative estimate of drug-likeness (QED) is 0.228. The smallest absolute Gasteiger partial charge is 0.355 e. The standard InChI is InChI=1S/C18H25F3N4OS.HI/c1-22-17(25-14-7-8-15(11-14)27-2)24-10-9-23-16(26)12-3-5-13(6-4-12)18(19,20)21;/h3-6,14-15H,7-11H2,1-2H3,(H,23,26)(H2,22,24,25);1H. The van der Waals surface area contributed by atoms with Gasteiger partial charge < -0.3 is 16.0 Å². The molecule has 1 fully saturated rings. The van der Waals surface area contributed by atoms with E-state index in [2.05, 4.69) is 27.2 Å². The number of carbonyl (C=O) groups is 1. The number of carbonyl (C=O) groups excluding carboxylic acids is 1. The summed E-state index contributed by atoms with van der Waals surface area (Å²) in [6.07, 6.45) is 1.12. The third kappa shape index (κ3) is 7.69. The number of hydrogen-bond donors (Lipinski definition) is 3. The van der Waals surface area contributed by atoms with Gasteiger partial charge >= 0.3 is 6.18 Å². The Morgan fingerprint density at radius 3 is 2.36 bits per heavy atom. The molecular weight excluding hydrogens is 504 g/mol. The van der Waals surface area contributed by atoms with E-state index >= 15 is 0 Å². The molecule has 3 N–H and O–H groups in total. The lowest BCUT2D eigenvalue weighted by Gasteiger charge is -2.17. The van der Waals surface area contributed by atoms with Gasteiger partial charge in [0.25, 0.3) is 5.91 Å². The van der Waals surface area contributed by atoms with Gasteiger partial charge in [-0.3, -0.25) is 9.79 Å². The minimum absolute atomic E-state index is 0. The van der Waals surface area contributed by atoms with E-state index in [0.717, 1.165) is 25.0 Å². The van der Waals surface area contributed by atoms with E-state index in [1.807, 2.05) is 11.8 Å². The number of rotatable bonds is 6. The van der Waals surface area contributed by atoms with E-state index in [1.54, 1.807) is 7.05 Å². The maximum Gasteiger partial charge on any atom is 0.416 e. The van der Waals surface area contributed by atoms with Crippen LogP contribution in [-0.2, 0) is 6.18 Å². The fraction of sp³-hybridized carbons (Fsp3) is 0.556. The topological polar surface area (TPSA) is 65.5 Å². The average molecular weight is 530 g/mol. The van der Waals surface area contributed by atoms with Crippen molar-refractivity contribution in [2.24, 2.45) is 4.99 Å². The molecule has 1 aromatic rings. The van der Waals surface area contributed by atoms with E-state index in [-0.39, 0.29) is 29.5 Å². The number of nitrogens with one attached hydrogen (secondary N) is 3. The third-order valence-electron chi connectivity index (χ3n) is 4.46. The van der Waals surface area contributed by atoms with Crippen LogP contribution in [0, 0.1) is 0 Å². The highest BCUT2D eigenvalue weighted by molar-refractivity contribution is 14.0. The lowest BCUT2D eigenvalue weighted by atomic mass is 10.1. The number of halogens is 4. The Hall–Kier alpha value is -1.17. The Balaban J connectivity index is 0.00000392. The first-order chi connectivity index (χ1) is 12.8. The van der Waals surface area contributed by atoms with Gasteiger partial charge in [0.1, 0.15) is 0 Å². The molecule has 1 saturated carbocycles. The van der Waals surface area contributed by atoms with Gasteiger partial charge in [0.15, 0.2) is 5.96 Å². The summed E-state index contributed by atoms with van der Waals surface area (Å²) in [5.41, 5.74) is -0.578. The van der Waals surface area contributed by atoms with Gasteiger partial charge in [-0.2, -0.15) is 24.9 Å². The summed E-state index contributed by atoms with van der Waals surface area (Å²) in [6, 6.07) is 4.56. The van der Waals surface area contributed by atoms with Crippen LogP contribution in [0.3, 0.4) is 0 Å². The molecule has 1 aliphatic carbocycles. The normalized spacial score (nSPS) is 19.7. The van der Waals surface area contributed by atoms with E-state index < -0.39 is 17.6 Å². The highest BCUT2D eigenvalue weighted by atomic mass is 127. The predicted octanol–water partition coefficient (Wildman–Crippen LogP) is 3.50. The average Bonchev–Trinajstić information content (AvgIpc) is 3.11. The van der Waals surface area contributed by atoms with E-state index in [4.69, 9.17) is 0 Å². The Morgan fingerprint density at radius 2 is 1.82 bits per heavy atom. The fourth-order valence-corrected chi connectivity index (χ4v) is 3.74. The predicted molar refractivity (Wildman–Crippen MR) is 119 cm³/mol. The Morgan fingerprint density at radius 1 is 1.18 bits per heavy atom. The molecule has 2 unspecified atom stereocenters. The van der Waals surface area contributed by atoms with Crippen molar-refractivity contribution in [3.63, 3.8) is 0 Å². The first-order valence-electron chi connectivity index (χ1n) is 8.79. The number of amides is 1. The van der Waals surface area contributed by atoms with Crippen molar-refractivity contribution in [3.8, 4) is 0 Å². The summed E-state index contributed by atoms with van der Waals surface area (Å²) in [4.78, 5) is 16.2. The molecule has 0 aliphatic heterocycles. The molecular formula is C18H26F3IN4OS. The van der Waals surface area contributed by atoms with Gasteiger partial charge in [0.05, 0.1) is 5.56 Å². The lowest BCUT2D eigenvalue weighted by Crippen LogP contribution is -2.45. The van der Waals surface area contributed by atoms with Crippen molar-refractivity contribution in [1.29, 1.82) is 0 Å². The molecule has 10 heteroatoms. The zero-order chi connectivity index (χ0) is 19.9. The zero-order valence-electron chi connectivity index (χ0n) is 15.8. The van der Waals surface area contributed by atoms with Crippen LogP contribution in [0.15, 0.2) is 29.3 Å². The van der Waals surface area contributed by atoms with Gasteiger partial charge in [-0.1, -0.05) is 0 Å². The van der Waals surface area contributed by atoms with Crippen molar-refractivity contribution >= 4 is 47.6 Å². The molecule has 0 bridgehead atoms. The molecule has 1 amide bonds. The number of benzene rings is 1. The molecule has 1 aromatic carbocycles. The second-order valence-electron chi connectivity index (χ2n) is 6.34. The summed E-state index contributed by atoms with van der Waals surface area (Å²) < 4.78 is 37.6. The van der Waals surface area contributed by atoms with Crippen LogP contribution < -0.4 is 16.0 Å². The molecule has 0 radical (unpaired) electrons. The molecule has 158 valence electrons. The lowest BCUT2D eigenvalue weighted by molar-refractivity contribution is -0.137. The van der Waals surface area contributed by atoms with Crippen molar-refractivity contribution in [1.82, 2.24) is 16.0 Å². The van der Waals surface area contributed by atoms with E-state index in [9.17, 15) is 18.0 Å². The number of alkyl halides is 3. The molecule has 2 atom stereocenters. The number of hydrogen-bond acceptors (Lipinski definition) is 3. The first-order valence-corrected chi connectivity index (χ1v) is 10.1. The second-order valence-corrected chi connectivity index (χ2v) is 7.48. The molecule has 0 heterocycles. The monoisotopic (exact) mass is 530 g/mol.